The molecule has 3 aliphatic rings. The van der Waals surface area contributed by atoms with E-state index in [1.54, 1.807) is 0 Å². The maximum atomic E-state index is 12.7. The average Bonchev–Trinajstić information content (AvgIpc) is 3.06. The molecule has 2 bridgehead atoms. The van der Waals surface area contributed by atoms with Crippen molar-refractivity contribution in [2.24, 2.45) is 5.41 Å². The summed E-state index contributed by atoms with van der Waals surface area (Å²) in [5, 5.41) is 6.84. The van der Waals surface area contributed by atoms with Crippen molar-refractivity contribution in [3.8, 4) is 0 Å². The third kappa shape index (κ3) is 2.75. The molecule has 1 aliphatic carbocycles. The average molecular weight is 299 g/mol. The van der Waals surface area contributed by atoms with Crippen LogP contribution in [0, 0.1) is 5.41 Å². The van der Waals surface area contributed by atoms with E-state index in [1.807, 2.05) is 0 Å². The third-order valence-electron chi connectivity index (χ3n) is 5.46. The number of carbonyl (C=O) groups is 1. The first kappa shape index (κ1) is 15.8. The van der Waals surface area contributed by atoms with Crippen LogP contribution in [0.15, 0.2) is 11.6 Å². The highest BCUT2D eigenvalue weighted by Gasteiger charge is 2.54. The number of rotatable bonds is 4. The molecule has 2 aliphatic heterocycles. The lowest BCUT2D eigenvalue weighted by atomic mass is 9.71. The summed E-state index contributed by atoms with van der Waals surface area (Å²) in [5.41, 5.74) is 1.31. The number of amides is 1. The van der Waals surface area contributed by atoms with E-state index in [1.165, 1.54) is 44.1 Å². The number of halogens is 1. The number of nitrogens with one attached hydrogen (secondary N) is 2. The summed E-state index contributed by atoms with van der Waals surface area (Å²) in [5.74, 6) is 0.293. The fourth-order valence-corrected chi connectivity index (χ4v) is 4.24. The Hall–Kier alpha value is -0.540. The zero-order valence-electron chi connectivity index (χ0n) is 12.4. The minimum Gasteiger partial charge on any atom is -0.352 e. The SMILES string of the molecule is CC[C@@]1(C(=O)NCC2=CCCCC2)C[C@@H]2CC[C@H]1N2.Cl. The number of hydrogen-bond acceptors (Lipinski definition) is 2. The second kappa shape index (κ2) is 6.48. The number of fused-ring (bicyclic) bond motifs is 2. The van der Waals surface area contributed by atoms with Crippen molar-refractivity contribution in [3.05, 3.63) is 11.6 Å². The van der Waals surface area contributed by atoms with Gasteiger partial charge in [0, 0.05) is 18.6 Å². The van der Waals surface area contributed by atoms with Crippen LogP contribution in [0.25, 0.3) is 0 Å². The second-order valence-corrected chi connectivity index (χ2v) is 6.50. The summed E-state index contributed by atoms with van der Waals surface area (Å²) in [7, 11) is 0. The van der Waals surface area contributed by atoms with E-state index in [0.29, 0.717) is 18.0 Å². The van der Waals surface area contributed by atoms with Crippen LogP contribution in [-0.2, 0) is 4.79 Å². The second-order valence-electron chi connectivity index (χ2n) is 6.50. The molecule has 2 N–H and O–H groups in total. The lowest BCUT2D eigenvalue weighted by Crippen LogP contribution is -2.48. The Morgan fingerprint density at radius 2 is 2.30 bits per heavy atom. The number of carbonyl (C=O) groups excluding carboxylic acids is 1. The Labute approximate surface area is 128 Å². The Balaban J connectivity index is 0.00000147. The molecular weight excluding hydrogens is 272 g/mol. The van der Waals surface area contributed by atoms with Crippen molar-refractivity contribution in [3.63, 3.8) is 0 Å². The summed E-state index contributed by atoms with van der Waals surface area (Å²) in [4.78, 5) is 12.7. The zero-order chi connectivity index (χ0) is 13.3. The van der Waals surface area contributed by atoms with Gasteiger partial charge in [0.15, 0.2) is 0 Å². The molecule has 0 aromatic carbocycles. The molecule has 0 radical (unpaired) electrons. The smallest absolute Gasteiger partial charge is 0.228 e. The van der Waals surface area contributed by atoms with Crippen molar-refractivity contribution in [2.75, 3.05) is 6.54 Å². The van der Waals surface area contributed by atoms with Gasteiger partial charge in [0.25, 0.3) is 0 Å². The highest BCUT2D eigenvalue weighted by molar-refractivity contribution is 5.85. The molecule has 1 amide bonds. The molecule has 0 unspecified atom stereocenters. The summed E-state index contributed by atoms with van der Waals surface area (Å²) < 4.78 is 0. The van der Waals surface area contributed by atoms with Gasteiger partial charge in [0.05, 0.1) is 5.41 Å². The third-order valence-corrected chi connectivity index (χ3v) is 5.46. The summed E-state index contributed by atoms with van der Waals surface area (Å²) in [6.45, 7) is 2.94. The molecule has 2 fully saturated rings. The monoisotopic (exact) mass is 298 g/mol. The topological polar surface area (TPSA) is 41.1 Å². The van der Waals surface area contributed by atoms with Gasteiger partial charge >= 0.3 is 0 Å². The van der Waals surface area contributed by atoms with Crippen LogP contribution >= 0.6 is 12.4 Å². The standard InChI is InChI=1S/C16H26N2O.ClH/c1-2-16(10-13-8-9-14(16)18-13)15(19)17-11-12-6-4-3-5-7-12;/h6,13-14,18H,2-5,7-11H2,1H3,(H,17,19);1H/t13-,14+,16+;/m0./s1. The van der Waals surface area contributed by atoms with Crippen molar-refractivity contribution in [1.29, 1.82) is 0 Å². The predicted octanol–water partition coefficient (Wildman–Crippen LogP) is 2.95. The number of hydrogen-bond donors (Lipinski definition) is 2. The van der Waals surface area contributed by atoms with Gasteiger partial charge in [-0.15, -0.1) is 12.4 Å². The van der Waals surface area contributed by atoms with Crippen molar-refractivity contribution in [1.82, 2.24) is 10.6 Å². The molecule has 3 rings (SSSR count). The molecule has 3 atom stereocenters. The van der Waals surface area contributed by atoms with E-state index in [9.17, 15) is 4.79 Å². The maximum absolute atomic E-state index is 12.7. The molecule has 20 heavy (non-hydrogen) atoms. The van der Waals surface area contributed by atoms with Crippen molar-refractivity contribution >= 4 is 18.3 Å². The fourth-order valence-electron chi connectivity index (χ4n) is 4.24. The lowest BCUT2D eigenvalue weighted by Gasteiger charge is -2.34. The molecule has 0 saturated carbocycles. The molecular formula is C16H27ClN2O. The summed E-state index contributed by atoms with van der Waals surface area (Å²) in [6.07, 6.45) is 11.7. The first-order chi connectivity index (χ1) is 9.24. The molecule has 2 heterocycles. The van der Waals surface area contributed by atoms with Gasteiger partial charge in [-0.2, -0.15) is 0 Å². The van der Waals surface area contributed by atoms with Gasteiger partial charge in [0.1, 0.15) is 0 Å². The minimum absolute atomic E-state index is 0. The van der Waals surface area contributed by atoms with Crippen LogP contribution in [0.3, 0.4) is 0 Å². The molecule has 0 aromatic heterocycles. The van der Waals surface area contributed by atoms with Crippen LogP contribution in [-0.4, -0.2) is 24.5 Å². The highest BCUT2D eigenvalue weighted by Crippen LogP contribution is 2.45. The van der Waals surface area contributed by atoms with E-state index < -0.39 is 0 Å². The van der Waals surface area contributed by atoms with Gasteiger partial charge in [0.2, 0.25) is 5.91 Å². The maximum Gasteiger partial charge on any atom is 0.228 e. The fraction of sp³-hybridized carbons (Fsp3) is 0.812. The van der Waals surface area contributed by atoms with Crippen LogP contribution in [0.4, 0.5) is 0 Å². The van der Waals surface area contributed by atoms with Gasteiger partial charge in [-0.1, -0.05) is 18.6 Å². The minimum atomic E-state index is -0.127. The Bertz CT molecular complexity index is 396. The van der Waals surface area contributed by atoms with Gasteiger partial charge in [-0.3, -0.25) is 4.79 Å². The number of allylic oxidation sites excluding steroid dienone is 1. The van der Waals surface area contributed by atoms with E-state index >= 15 is 0 Å². The normalized spacial score (nSPS) is 35.4. The zero-order valence-corrected chi connectivity index (χ0v) is 13.2. The highest BCUT2D eigenvalue weighted by atomic mass is 35.5. The summed E-state index contributed by atoms with van der Waals surface area (Å²) in [6, 6.07) is 1.01. The van der Waals surface area contributed by atoms with Crippen molar-refractivity contribution < 1.29 is 4.79 Å². The van der Waals surface area contributed by atoms with Crippen LogP contribution < -0.4 is 10.6 Å². The predicted molar refractivity (Wildman–Crippen MR) is 84.1 cm³/mol. The Morgan fingerprint density at radius 1 is 1.45 bits per heavy atom. The molecule has 2 saturated heterocycles. The molecule has 3 nitrogen and oxygen atoms in total. The van der Waals surface area contributed by atoms with E-state index in [2.05, 4.69) is 23.6 Å². The molecule has 0 aromatic rings. The first-order valence-electron chi connectivity index (χ1n) is 7.97. The van der Waals surface area contributed by atoms with Gasteiger partial charge in [-0.25, -0.2) is 0 Å². The van der Waals surface area contributed by atoms with E-state index in [4.69, 9.17) is 0 Å². The molecule has 114 valence electrons. The lowest BCUT2D eigenvalue weighted by molar-refractivity contribution is -0.132. The van der Waals surface area contributed by atoms with Gasteiger partial charge in [-0.05, 0) is 51.4 Å². The molecule has 4 heteroatoms. The van der Waals surface area contributed by atoms with Crippen LogP contribution in [0.2, 0.25) is 0 Å². The van der Waals surface area contributed by atoms with Crippen LogP contribution in [0.1, 0.15) is 58.3 Å². The van der Waals surface area contributed by atoms with E-state index in [0.717, 1.165) is 19.4 Å². The largest absolute Gasteiger partial charge is 0.352 e. The van der Waals surface area contributed by atoms with E-state index in [-0.39, 0.29) is 17.8 Å². The first-order valence-corrected chi connectivity index (χ1v) is 7.97. The quantitative estimate of drug-likeness (QED) is 0.784. The van der Waals surface area contributed by atoms with Gasteiger partial charge < -0.3 is 10.6 Å². The Morgan fingerprint density at radius 3 is 2.85 bits per heavy atom. The summed E-state index contributed by atoms with van der Waals surface area (Å²) >= 11 is 0. The van der Waals surface area contributed by atoms with Crippen LogP contribution in [0.5, 0.6) is 0 Å². The van der Waals surface area contributed by atoms with Crippen molar-refractivity contribution in [2.45, 2.75) is 70.4 Å². The Kier molecular flexibility index (Phi) is 5.14. The molecule has 0 spiro atoms.